The van der Waals surface area contributed by atoms with Crippen LogP contribution in [0.3, 0.4) is 0 Å². The number of sulfonamides is 1. The van der Waals surface area contributed by atoms with Gasteiger partial charge in [0, 0.05) is 10.9 Å². The van der Waals surface area contributed by atoms with Crippen LogP contribution in [-0.2, 0) is 31.6 Å². The molecule has 7 heteroatoms. The van der Waals surface area contributed by atoms with Crippen molar-refractivity contribution in [1.82, 2.24) is 4.72 Å². The normalized spacial score (nSPS) is 20.7. The molecule has 1 fully saturated rings. The lowest BCUT2D eigenvalue weighted by molar-refractivity contribution is -0.146. The molecule has 1 aliphatic carbocycles. The Labute approximate surface area is 194 Å². The summed E-state index contributed by atoms with van der Waals surface area (Å²) in [5.41, 5.74) is 1.41. The molecule has 3 aromatic rings. The van der Waals surface area contributed by atoms with Crippen LogP contribution < -0.4 is 9.46 Å². The van der Waals surface area contributed by atoms with E-state index in [9.17, 15) is 13.2 Å². The van der Waals surface area contributed by atoms with Crippen molar-refractivity contribution in [1.29, 1.82) is 0 Å². The Morgan fingerprint density at radius 2 is 1.85 bits per heavy atom. The first-order chi connectivity index (χ1) is 15.8. The highest BCUT2D eigenvalue weighted by atomic mass is 32.2. The summed E-state index contributed by atoms with van der Waals surface area (Å²) in [7, 11) is -2.58. The third-order valence-corrected chi connectivity index (χ3v) is 8.38. The largest absolute Gasteiger partial charge is 0.496 e. The van der Waals surface area contributed by atoms with E-state index >= 15 is 0 Å². The lowest BCUT2D eigenvalue weighted by Crippen LogP contribution is -2.49. The zero-order chi connectivity index (χ0) is 23.2. The lowest BCUT2D eigenvalue weighted by Gasteiger charge is -2.38. The van der Waals surface area contributed by atoms with E-state index in [4.69, 9.17) is 9.47 Å². The van der Waals surface area contributed by atoms with Crippen LogP contribution in [-0.4, -0.2) is 28.0 Å². The molecule has 0 spiro atoms. The van der Waals surface area contributed by atoms with Crippen molar-refractivity contribution in [3.8, 4) is 5.75 Å². The van der Waals surface area contributed by atoms with Gasteiger partial charge in [0.15, 0.2) is 5.60 Å². The SMILES string of the molecule is COc1ccc(C2CCC2)c2c1C(C)(C(=O)NS(=O)(=O)c1cccc3ccccc13)OCC2. The van der Waals surface area contributed by atoms with Gasteiger partial charge in [-0.15, -0.1) is 0 Å². The number of methoxy groups -OCH3 is 1. The average molecular weight is 466 g/mol. The van der Waals surface area contributed by atoms with Crippen molar-refractivity contribution in [2.75, 3.05) is 13.7 Å². The van der Waals surface area contributed by atoms with Crippen LogP contribution in [0, 0.1) is 0 Å². The maximum atomic E-state index is 13.6. The lowest BCUT2D eigenvalue weighted by atomic mass is 9.74. The number of ether oxygens (including phenoxy) is 2. The summed E-state index contributed by atoms with van der Waals surface area (Å²) in [6.45, 7) is 1.96. The van der Waals surface area contributed by atoms with Crippen molar-refractivity contribution in [3.63, 3.8) is 0 Å². The van der Waals surface area contributed by atoms with Gasteiger partial charge in [-0.1, -0.05) is 48.9 Å². The van der Waals surface area contributed by atoms with Gasteiger partial charge in [0.25, 0.3) is 15.9 Å². The number of carbonyl (C=O) groups is 1. The highest BCUT2D eigenvalue weighted by Crippen LogP contribution is 2.46. The summed E-state index contributed by atoms with van der Waals surface area (Å²) in [5, 5.41) is 1.34. The van der Waals surface area contributed by atoms with Crippen LogP contribution >= 0.6 is 0 Å². The molecule has 1 heterocycles. The second-order valence-electron chi connectivity index (χ2n) is 8.88. The summed E-state index contributed by atoms with van der Waals surface area (Å²) < 4.78 is 40.5. The second kappa shape index (κ2) is 8.15. The first-order valence-corrected chi connectivity index (χ1v) is 12.7. The zero-order valence-corrected chi connectivity index (χ0v) is 19.6. The van der Waals surface area contributed by atoms with Gasteiger partial charge in [0.05, 0.1) is 18.6 Å². The summed E-state index contributed by atoms with van der Waals surface area (Å²) >= 11 is 0. The van der Waals surface area contributed by atoms with E-state index in [-0.39, 0.29) is 4.90 Å². The topological polar surface area (TPSA) is 81.7 Å². The van der Waals surface area contributed by atoms with Crippen LogP contribution in [0.1, 0.15) is 48.8 Å². The molecule has 172 valence electrons. The van der Waals surface area contributed by atoms with Crippen LogP contribution in [0.15, 0.2) is 59.5 Å². The number of amides is 1. The number of rotatable bonds is 5. The van der Waals surface area contributed by atoms with E-state index in [2.05, 4.69) is 10.8 Å². The van der Waals surface area contributed by atoms with Gasteiger partial charge < -0.3 is 9.47 Å². The number of hydrogen-bond donors (Lipinski definition) is 1. The molecule has 0 bridgehead atoms. The van der Waals surface area contributed by atoms with Crippen LogP contribution in [0.5, 0.6) is 5.75 Å². The maximum Gasteiger partial charge on any atom is 0.270 e. The van der Waals surface area contributed by atoms with Crippen LogP contribution in [0.4, 0.5) is 0 Å². The molecule has 1 amide bonds. The minimum Gasteiger partial charge on any atom is -0.496 e. The predicted molar refractivity (Wildman–Crippen MR) is 126 cm³/mol. The van der Waals surface area contributed by atoms with Gasteiger partial charge in [-0.05, 0) is 60.7 Å². The molecule has 0 aromatic heterocycles. The van der Waals surface area contributed by atoms with Gasteiger partial charge in [-0.2, -0.15) is 0 Å². The fraction of sp³-hybridized carbons (Fsp3) is 0.346. The molecule has 1 atom stereocenters. The standard InChI is InChI=1S/C26H27NO5S/c1-26(24-21(15-16-32-26)19(17-8-5-9-17)13-14-22(24)31-2)25(28)27-33(29,30)23-12-6-10-18-7-3-4-11-20(18)23/h3-4,6-7,10-14,17H,5,8-9,15-16H2,1-2H3,(H,27,28). The maximum absolute atomic E-state index is 13.6. The smallest absolute Gasteiger partial charge is 0.270 e. The Morgan fingerprint density at radius 3 is 2.58 bits per heavy atom. The molecule has 1 N–H and O–H groups in total. The Bertz CT molecular complexity index is 1340. The number of benzene rings is 3. The number of fused-ring (bicyclic) bond motifs is 2. The van der Waals surface area contributed by atoms with E-state index < -0.39 is 21.5 Å². The van der Waals surface area contributed by atoms with E-state index in [1.54, 1.807) is 32.2 Å². The first-order valence-electron chi connectivity index (χ1n) is 11.2. The molecule has 2 aliphatic rings. The fourth-order valence-corrected chi connectivity index (χ4v) is 6.30. The summed E-state index contributed by atoms with van der Waals surface area (Å²) in [5.74, 6) is 0.280. The molecule has 0 radical (unpaired) electrons. The van der Waals surface area contributed by atoms with Crippen molar-refractivity contribution in [2.45, 2.75) is 49.0 Å². The number of nitrogens with one attached hydrogen (secondary N) is 1. The van der Waals surface area contributed by atoms with E-state index in [1.807, 2.05) is 24.3 Å². The van der Waals surface area contributed by atoms with Gasteiger partial charge in [-0.3, -0.25) is 4.79 Å². The molecular formula is C26H27NO5S. The van der Waals surface area contributed by atoms with Crippen molar-refractivity contribution in [3.05, 3.63) is 71.3 Å². The van der Waals surface area contributed by atoms with Crippen molar-refractivity contribution in [2.24, 2.45) is 0 Å². The van der Waals surface area contributed by atoms with Crippen LogP contribution in [0.25, 0.3) is 10.8 Å². The molecule has 0 saturated heterocycles. The highest BCUT2D eigenvalue weighted by molar-refractivity contribution is 7.90. The highest BCUT2D eigenvalue weighted by Gasteiger charge is 2.46. The van der Waals surface area contributed by atoms with Gasteiger partial charge in [0.1, 0.15) is 5.75 Å². The number of carbonyl (C=O) groups excluding carboxylic acids is 1. The van der Waals surface area contributed by atoms with E-state index in [0.29, 0.717) is 35.6 Å². The summed E-state index contributed by atoms with van der Waals surface area (Å²) in [4.78, 5) is 13.6. The Hall–Kier alpha value is -2.90. The van der Waals surface area contributed by atoms with Gasteiger partial charge in [0.2, 0.25) is 0 Å². The predicted octanol–water partition coefficient (Wildman–Crippen LogP) is 4.41. The number of hydrogen-bond acceptors (Lipinski definition) is 5. The molecule has 1 saturated carbocycles. The molecule has 6 nitrogen and oxygen atoms in total. The fourth-order valence-electron chi connectivity index (χ4n) is 5.02. The van der Waals surface area contributed by atoms with Crippen molar-refractivity contribution < 1.29 is 22.7 Å². The quantitative estimate of drug-likeness (QED) is 0.604. The van der Waals surface area contributed by atoms with Gasteiger partial charge >= 0.3 is 0 Å². The second-order valence-corrected chi connectivity index (χ2v) is 10.5. The minimum absolute atomic E-state index is 0.0590. The van der Waals surface area contributed by atoms with Crippen molar-refractivity contribution >= 4 is 26.7 Å². The monoisotopic (exact) mass is 465 g/mol. The zero-order valence-electron chi connectivity index (χ0n) is 18.8. The molecule has 1 aliphatic heterocycles. The minimum atomic E-state index is -4.14. The molecular weight excluding hydrogens is 438 g/mol. The van der Waals surface area contributed by atoms with Gasteiger partial charge in [-0.25, -0.2) is 13.1 Å². The summed E-state index contributed by atoms with van der Waals surface area (Å²) in [6, 6.07) is 16.2. The van der Waals surface area contributed by atoms with E-state index in [1.165, 1.54) is 18.1 Å². The summed E-state index contributed by atoms with van der Waals surface area (Å²) in [6.07, 6.45) is 4.11. The third kappa shape index (κ3) is 3.60. The molecule has 3 aromatic carbocycles. The Kier molecular flexibility index (Phi) is 5.41. The molecule has 1 unspecified atom stereocenters. The molecule has 33 heavy (non-hydrogen) atoms. The first kappa shape index (κ1) is 21.9. The Morgan fingerprint density at radius 1 is 1.09 bits per heavy atom. The Balaban J connectivity index is 1.56. The average Bonchev–Trinajstić information content (AvgIpc) is 2.77. The van der Waals surface area contributed by atoms with Crippen LogP contribution in [0.2, 0.25) is 0 Å². The third-order valence-electron chi connectivity index (χ3n) is 7.00. The van der Waals surface area contributed by atoms with E-state index in [0.717, 1.165) is 23.8 Å². The molecule has 5 rings (SSSR count).